The molecule has 0 spiro atoms. The molecule has 1 heterocycles. The molecule has 0 radical (unpaired) electrons. The molecule has 0 aliphatic heterocycles. The van der Waals surface area contributed by atoms with Crippen LogP contribution in [0.15, 0.2) is 16.8 Å². The lowest BCUT2D eigenvalue weighted by Gasteiger charge is -2.17. The van der Waals surface area contributed by atoms with Crippen LogP contribution < -0.4 is 5.32 Å². The molecule has 0 saturated heterocycles. The number of hydrogen-bond donors (Lipinski definition) is 2. The topological polar surface area (TPSA) is 32.3 Å². The fourth-order valence-electron chi connectivity index (χ4n) is 1.65. The molecular weight excluding hydrogens is 218 g/mol. The van der Waals surface area contributed by atoms with E-state index in [0.717, 1.165) is 19.4 Å². The van der Waals surface area contributed by atoms with Gasteiger partial charge in [-0.05, 0) is 54.6 Å². The Kier molecular flexibility index (Phi) is 6.03. The molecule has 2 nitrogen and oxygen atoms in total. The Morgan fingerprint density at radius 3 is 2.69 bits per heavy atom. The molecule has 0 amide bonds. The third kappa shape index (κ3) is 5.10. The molecule has 0 aromatic carbocycles. The monoisotopic (exact) mass is 241 g/mol. The van der Waals surface area contributed by atoms with E-state index in [9.17, 15) is 5.11 Å². The minimum atomic E-state index is -0.180. The summed E-state index contributed by atoms with van der Waals surface area (Å²) in [6.07, 6.45) is 1.73. The lowest BCUT2D eigenvalue weighted by Crippen LogP contribution is -2.31. The van der Waals surface area contributed by atoms with Crippen LogP contribution in [0.2, 0.25) is 0 Å². The number of aliphatic hydroxyl groups is 1. The molecule has 0 fully saturated rings. The van der Waals surface area contributed by atoms with Crippen molar-refractivity contribution in [2.45, 2.75) is 45.8 Å². The van der Waals surface area contributed by atoms with Gasteiger partial charge in [0.25, 0.3) is 0 Å². The summed E-state index contributed by atoms with van der Waals surface area (Å²) in [6, 6.07) is 2.65. The molecule has 0 aliphatic rings. The third-order valence-corrected chi connectivity index (χ3v) is 3.56. The second-order valence-electron chi connectivity index (χ2n) is 4.79. The Labute approximate surface area is 103 Å². The van der Waals surface area contributed by atoms with Crippen molar-refractivity contribution in [3.63, 3.8) is 0 Å². The summed E-state index contributed by atoms with van der Waals surface area (Å²) in [5, 5.41) is 17.4. The van der Waals surface area contributed by atoms with Crippen LogP contribution in [-0.4, -0.2) is 23.8 Å². The second-order valence-corrected chi connectivity index (χ2v) is 5.57. The number of thiophene rings is 1. The SMILES string of the molecule is CC(Cc1ccsc1)NCCC(O)C(C)C. The maximum atomic E-state index is 9.66. The molecule has 3 heteroatoms. The minimum Gasteiger partial charge on any atom is -0.393 e. The van der Waals surface area contributed by atoms with E-state index in [-0.39, 0.29) is 6.10 Å². The molecule has 1 aromatic heterocycles. The van der Waals surface area contributed by atoms with Crippen molar-refractivity contribution in [1.29, 1.82) is 0 Å². The highest BCUT2D eigenvalue weighted by Gasteiger charge is 2.09. The van der Waals surface area contributed by atoms with Crippen LogP contribution in [0, 0.1) is 5.92 Å². The van der Waals surface area contributed by atoms with Gasteiger partial charge in [0.15, 0.2) is 0 Å². The van der Waals surface area contributed by atoms with Crippen molar-refractivity contribution in [1.82, 2.24) is 5.32 Å². The molecule has 0 bridgehead atoms. The fraction of sp³-hybridized carbons (Fsp3) is 0.692. The summed E-state index contributed by atoms with van der Waals surface area (Å²) in [4.78, 5) is 0. The van der Waals surface area contributed by atoms with Crippen LogP contribution in [-0.2, 0) is 6.42 Å². The minimum absolute atomic E-state index is 0.180. The van der Waals surface area contributed by atoms with Gasteiger partial charge in [-0.2, -0.15) is 11.3 Å². The molecule has 1 aromatic rings. The Balaban J connectivity index is 2.13. The van der Waals surface area contributed by atoms with Crippen molar-refractivity contribution < 1.29 is 5.11 Å². The molecule has 0 aliphatic carbocycles. The van der Waals surface area contributed by atoms with Gasteiger partial charge in [0, 0.05) is 6.04 Å². The van der Waals surface area contributed by atoms with Crippen molar-refractivity contribution >= 4 is 11.3 Å². The zero-order valence-electron chi connectivity index (χ0n) is 10.4. The van der Waals surface area contributed by atoms with Crippen LogP contribution >= 0.6 is 11.3 Å². The van der Waals surface area contributed by atoms with Crippen molar-refractivity contribution in [2.75, 3.05) is 6.54 Å². The lowest BCUT2D eigenvalue weighted by atomic mass is 10.0. The first-order chi connectivity index (χ1) is 7.59. The van der Waals surface area contributed by atoms with Crippen LogP contribution in [0.25, 0.3) is 0 Å². The summed E-state index contributed by atoms with van der Waals surface area (Å²) in [6.45, 7) is 7.20. The van der Waals surface area contributed by atoms with Gasteiger partial charge < -0.3 is 10.4 Å². The van der Waals surface area contributed by atoms with Crippen molar-refractivity contribution in [2.24, 2.45) is 5.92 Å². The van der Waals surface area contributed by atoms with Gasteiger partial charge >= 0.3 is 0 Å². The van der Waals surface area contributed by atoms with Gasteiger partial charge in [0.1, 0.15) is 0 Å². The lowest BCUT2D eigenvalue weighted by molar-refractivity contribution is 0.115. The van der Waals surface area contributed by atoms with Gasteiger partial charge in [-0.15, -0.1) is 0 Å². The number of hydrogen-bond acceptors (Lipinski definition) is 3. The Bertz CT molecular complexity index is 271. The zero-order valence-corrected chi connectivity index (χ0v) is 11.3. The largest absolute Gasteiger partial charge is 0.393 e. The summed E-state index contributed by atoms with van der Waals surface area (Å²) in [7, 11) is 0. The van der Waals surface area contributed by atoms with E-state index in [1.165, 1.54) is 5.56 Å². The van der Waals surface area contributed by atoms with E-state index >= 15 is 0 Å². The molecule has 2 unspecified atom stereocenters. The molecular formula is C13H23NOS. The summed E-state index contributed by atoms with van der Waals surface area (Å²) in [5.74, 6) is 0.356. The first-order valence-corrected chi connectivity index (χ1v) is 6.96. The molecule has 0 saturated carbocycles. The Morgan fingerprint density at radius 2 is 2.12 bits per heavy atom. The van der Waals surface area contributed by atoms with Gasteiger partial charge in [-0.1, -0.05) is 13.8 Å². The van der Waals surface area contributed by atoms with Crippen LogP contribution in [0.5, 0.6) is 0 Å². The number of rotatable bonds is 7. The van der Waals surface area contributed by atoms with E-state index in [1.807, 2.05) is 0 Å². The van der Waals surface area contributed by atoms with Gasteiger partial charge in [-0.25, -0.2) is 0 Å². The third-order valence-electron chi connectivity index (χ3n) is 2.82. The van der Waals surface area contributed by atoms with Gasteiger partial charge in [0.05, 0.1) is 6.10 Å². The normalized spacial score (nSPS) is 15.3. The first-order valence-electron chi connectivity index (χ1n) is 6.02. The average Bonchev–Trinajstić information content (AvgIpc) is 2.70. The first kappa shape index (κ1) is 13.7. The standard InChI is InChI=1S/C13H23NOS/c1-10(2)13(15)4-6-14-11(3)8-12-5-7-16-9-12/h5,7,9-11,13-15H,4,6,8H2,1-3H3. The van der Waals surface area contributed by atoms with Crippen LogP contribution in [0.3, 0.4) is 0 Å². The number of aliphatic hydroxyl groups excluding tert-OH is 1. The summed E-state index contributed by atoms with van der Waals surface area (Å²) in [5.41, 5.74) is 1.40. The predicted molar refractivity (Wildman–Crippen MR) is 70.9 cm³/mol. The Morgan fingerprint density at radius 1 is 1.38 bits per heavy atom. The molecule has 92 valence electrons. The Hall–Kier alpha value is -0.380. The van der Waals surface area contributed by atoms with E-state index in [1.54, 1.807) is 11.3 Å². The highest BCUT2D eigenvalue weighted by Crippen LogP contribution is 2.09. The summed E-state index contributed by atoms with van der Waals surface area (Å²) >= 11 is 1.75. The zero-order chi connectivity index (χ0) is 12.0. The predicted octanol–water partition coefficient (Wildman–Crippen LogP) is 2.68. The maximum absolute atomic E-state index is 9.66. The van der Waals surface area contributed by atoms with Crippen molar-refractivity contribution in [3.05, 3.63) is 22.4 Å². The quantitative estimate of drug-likeness (QED) is 0.769. The molecule has 16 heavy (non-hydrogen) atoms. The maximum Gasteiger partial charge on any atom is 0.0575 e. The smallest absolute Gasteiger partial charge is 0.0575 e. The fourth-order valence-corrected chi connectivity index (χ4v) is 2.33. The van der Waals surface area contributed by atoms with Gasteiger partial charge in [-0.3, -0.25) is 0 Å². The van der Waals surface area contributed by atoms with Gasteiger partial charge in [0.2, 0.25) is 0 Å². The molecule has 1 rings (SSSR count). The summed E-state index contributed by atoms with van der Waals surface area (Å²) < 4.78 is 0. The molecule has 2 N–H and O–H groups in total. The highest BCUT2D eigenvalue weighted by molar-refractivity contribution is 7.07. The van der Waals surface area contributed by atoms with E-state index in [2.05, 4.69) is 42.9 Å². The van der Waals surface area contributed by atoms with Crippen molar-refractivity contribution in [3.8, 4) is 0 Å². The molecule has 2 atom stereocenters. The van der Waals surface area contributed by atoms with Crippen LogP contribution in [0.4, 0.5) is 0 Å². The number of nitrogens with one attached hydrogen (secondary N) is 1. The van der Waals surface area contributed by atoms with E-state index in [4.69, 9.17) is 0 Å². The highest BCUT2D eigenvalue weighted by atomic mass is 32.1. The van der Waals surface area contributed by atoms with Crippen LogP contribution in [0.1, 0.15) is 32.8 Å². The van der Waals surface area contributed by atoms with E-state index < -0.39 is 0 Å². The average molecular weight is 241 g/mol. The second kappa shape index (κ2) is 7.05. The van der Waals surface area contributed by atoms with E-state index in [0.29, 0.717) is 12.0 Å².